The number of ether oxygens (including phenoxy) is 1. The van der Waals surface area contributed by atoms with Gasteiger partial charge in [-0.1, -0.05) is 23.7 Å². The van der Waals surface area contributed by atoms with Crippen LogP contribution < -0.4 is 15.8 Å². The zero-order chi connectivity index (χ0) is 20.2. The fourth-order valence-corrected chi connectivity index (χ4v) is 3.11. The van der Waals surface area contributed by atoms with E-state index < -0.39 is 0 Å². The van der Waals surface area contributed by atoms with Crippen molar-refractivity contribution >= 4 is 34.3 Å². The van der Waals surface area contributed by atoms with E-state index in [2.05, 4.69) is 15.3 Å². The molecule has 148 valence electrons. The van der Waals surface area contributed by atoms with Gasteiger partial charge < -0.3 is 25.5 Å². The second-order valence-electron chi connectivity index (χ2n) is 6.47. The molecule has 4 aromatic rings. The van der Waals surface area contributed by atoms with Crippen molar-refractivity contribution in [2.24, 2.45) is 0 Å². The SMILES string of the molecule is Nc1ccc2nc(NCc3ccc(Oc4ccc(Cl)cn4)cc3)n(CCO)c2c1. The Hall–Kier alpha value is -3.29. The van der Waals surface area contributed by atoms with Crippen molar-refractivity contribution in [3.05, 3.63) is 71.4 Å². The Morgan fingerprint density at radius 2 is 1.93 bits per heavy atom. The van der Waals surface area contributed by atoms with E-state index in [1.54, 1.807) is 18.3 Å². The number of nitrogen functional groups attached to an aromatic ring is 1. The number of hydrogen-bond acceptors (Lipinski definition) is 6. The highest BCUT2D eigenvalue weighted by Crippen LogP contribution is 2.24. The molecule has 2 aromatic carbocycles. The molecule has 0 atom stereocenters. The molecule has 0 aliphatic rings. The van der Waals surface area contributed by atoms with Gasteiger partial charge in [-0.2, -0.15) is 0 Å². The molecule has 0 spiro atoms. The summed E-state index contributed by atoms with van der Waals surface area (Å²) in [6.07, 6.45) is 1.54. The number of halogens is 1. The largest absolute Gasteiger partial charge is 0.439 e. The number of pyridine rings is 1. The Morgan fingerprint density at radius 1 is 1.10 bits per heavy atom. The van der Waals surface area contributed by atoms with Gasteiger partial charge in [0.05, 0.1) is 22.7 Å². The summed E-state index contributed by atoms with van der Waals surface area (Å²) in [5, 5.41) is 13.3. The Bertz CT molecular complexity index is 1110. The van der Waals surface area contributed by atoms with Crippen LogP contribution in [0.5, 0.6) is 11.6 Å². The number of fused-ring (bicyclic) bond motifs is 1. The Labute approximate surface area is 172 Å². The van der Waals surface area contributed by atoms with Gasteiger partial charge in [0.1, 0.15) is 5.75 Å². The third-order valence-electron chi connectivity index (χ3n) is 4.39. The molecule has 0 saturated carbocycles. The number of benzene rings is 2. The second-order valence-corrected chi connectivity index (χ2v) is 6.91. The molecule has 2 aromatic heterocycles. The quantitative estimate of drug-likeness (QED) is 0.398. The predicted octanol–water partition coefficient (Wildman–Crippen LogP) is 4.06. The molecule has 2 heterocycles. The minimum atomic E-state index is 0.0136. The summed E-state index contributed by atoms with van der Waals surface area (Å²) in [6, 6.07) is 16.7. The Morgan fingerprint density at radius 3 is 2.66 bits per heavy atom. The molecular formula is C21H20ClN5O2. The topological polar surface area (TPSA) is 98.2 Å². The molecular weight excluding hydrogens is 390 g/mol. The van der Waals surface area contributed by atoms with Crippen LogP contribution in [0, 0.1) is 0 Å². The molecule has 0 aliphatic heterocycles. The first-order valence-electron chi connectivity index (χ1n) is 9.11. The molecule has 0 amide bonds. The number of nitrogens with one attached hydrogen (secondary N) is 1. The zero-order valence-electron chi connectivity index (χ0n) is 15.5. The Balaban J connectivity index is 1.46. The van der Waals surface area contributed by atoms with Gasteiger partial charge in [0.2, 0.25) is 11.8 Å². The number of aliphatic hydroxyl groups excluding tert-OH is 1. The average molecular weight is 410 g/mol. The minimum absolute atomic E-state index is 0.0136. The van der Waals surface area contributed by atoms with Crippen molar-refractivity contribution < 1.29 is 9.84 Å². The van der Waals surface area contributed by atoms with Gasteiger partial charge in [0.25, 0.3) is 0 Å². The van der Waals surface area contributed by atoms with E-state index in [4.69, 9.17) is 22.1 Å². The third-order valence-corrected chi connectivity index (χ3v) is 4.62. The maximum Gasteiger partial charge on any atom is 0.219 e. The Kier molecular flexibility index (Phi) is 5.50. The van der Waals surface area contributed by atoms with Gasteiger partial charge in [-0.25, -0.2) is 9.97 Å². The van der Waals surface area contributed by atoms with Gasteiger partial charge in [0.15, 0.2) is 0 Å². The maximum atomic E-state index is 9.41. The minimum Gasteiger partial charge on any atom is -0.439 e. The van der Waals surface area contributed by atoms with Crippen molar-refractivity contribution in [1.82, 2.24) is 14.5 Å². The lowest BCUT2D eigenvalue weighted by Crippen LogP contribution is -2.09. The van der Waals surface area contributed by atoms with E-state index in [1.807, 2.05) is 47.0 Å². The average Bonchev–Trinajstić information content (AvgIpc) is 3.06. The summed E-state index contributed by atoms with van der Waals surface area (Å²) >= 11 is 5.83. The number of nitrogens with zero attached hydrogens (tertiary/aromatic N) is 3. The van der Waals surface area contributed by atoms with Crippen molar-refractivity contribution in [2.75, 3.05) is 17.7 Å². The summed E-state index contributed by atoms with van der Waals surface area (Å²) in [5.74, 6) is 1.86. The van der Waals surface area contributed by atoms with Gasteiger partial charge in [-0.15, -0.1) is 0 Å². The maximum absolute atomic E-state index is 9.41. The van der Waals surface area contributed by atoms with E-state index in [-0.39, 0.29) is 6.61 Å². The third kappa shape index (κ3) is 4.42. The van der Waals surface area contributed by atoms with Crippen molar-refractivity contribution in [3.63, 3.8) is 0 Å². The molecule has 0 saturated heterocycles. The number of anilines is 2. The highest BCUT2D eigenvalue weighted by atomic mass is 35.5. The summed E-state index contributed by atoms with van der Waals surface area (Å²) in [4.78, 5) is 8.73. The highest BCUT2D eigenvalue weighted by molar-refractivity contribution is 6.30. The molecule has 0 fully saturated rings. The monoisotopic (exact) mass is 409 g/mol. The van der Waals surface area contributed by atoms with E-state index in [0.29, 0.717) is 41.4 Å². The number of rotatable bonds is 7. The molecule has 29 heavy (non-hydrogen) atoms. The van der Waals surface area contributed by atoms with Crippen LogP contribution in [0.3, 0.4) is 0 Å². The number of imidazole rings is 1. The first-order chi connectivity index (χ1) is 14.1. The normalized spacial score (nSPS) is 11.0. The van der Waals surface area contributed by atoms with Crippen molar-refractivity contribution in [2.45, 2.75) is 13.1 Å². The zero-order valence-corrected chi connectivity index (χ0v) is 16.3. The summed E-state index contributed by atoms with van der Waals surface area (Å²) in [5.41, 5.74) is 9.33. The predicted molar refractivity (Wildman–Crippen MR) is 114 cm³/mol. The van der Waals surface area contributed by atoms with Crippen LogP contribution in [-0.4, -0.2) is 26.2 Å². The fraction of sp³-hybridized carbons (Fsp3) is 0.143. The smallest absolute Gasteiger partial charge is 0.219 e. The lowest BCUT2D eigenvalue weighted by atomic mass is 10.2. The van der Waals surface area contributed by atoms with Crippen LogP contribution in [0.25, 0.3) is 11.0 Å². The highest BCUT2D eigenvalue weighted by Gasteiger charge is 2.10. The van der Waals surface area contributed by atoms with E-state index in [1.165, 1.54) is 0 Å². The molecule has 7 nitrogen and oxygen atoms in total. The number of hydrogen-bond donors (Lipinski definition) is 3. The fourth-order valence-electron chi connectivity index (χ4n) is 3.00. The second kappa shape index (κ2) is 8.38. The van der Waals surface area contributed by atoms with Crippen LogP contribution in [-0.2, 0) is 13.1 Å². The van der Waals surface area contributed by atoms with Crippen LogP contribution in [0.2, 0.25) is 5.02 Å². The van der Waals surface area contributed by atoms with Gasteiger partial charge in [0, 0.05) is 31.0 Å². The standard InChI is InChI=1S/C21H20ClN5O2/c22-15-3-8-20(24-13-15)29-17-5-1-14(2-6-17)12-25-21-26-18-7-4-16(23)11-19(18)27(21)9-10-28/h1-8,11,13,28H,9-10,12,23H2,(H,25,26). The number of nitrogens with two attached hydrogens (primary N) is 1. The summed E-state index contributed by atoms with van der Waals surface area (Å²) in [6.45, 7) is 1.02. The van der Waals surface area contributed by atoms with E-state index in [0.717, 1.165) is 16.6 Å². The molecule has 0 radical (unpaired) electrons. The van der Waals surface area contributed by atoms with Crippen LogP contribution in [0.15, 0.2) is 60.8 Å². The first kappa shape index (κ1) is 19.0. The molecule has 4 N–H and O–H groups in total. The molecule has 0 unspecified atom stereocenters. The first-order valence-corrected chi connectivity index (χ1v) is 9.49. The lowest BCUT2D eigenvalue weighted by molar-refractivity contribution is 0.278. The summed E-state index contributed by atoms with van der Waals surface area (Å²) in [7, 11) is 0. The summed E-state index contributed by atoms with van der Waals surface area (Å²) < 4.78 is 7.63. The van der Waals surface area contributed by atoms with E-state index in [9.17, 15) is 5.11 Å². The van der Waals surface area contributed by atoms with Crippen LogP contribution in [0.4, 0.5) is 11.6 Å². The van der Waals surface area contributed by atoms with Crippen molar-refractivity contribution in [3.8, 4) is 11.6 Å². The van der Waals surface area contributed by atoms with Gasteiger partial charge in [-0.3, -0.25) is 0 Å². The van der Waals surface area contributed by atoms with E-state index >= 15 is 0 Å². The lowest BCUT2D eigenvalue weighted by Gasteiger charge is -2.10. The van der Waals surface area contributed by atoms with Gasteiger partial charge >= 0.3 is 0 Å². The number of aliphatic hydroxyl groups is 1. The van der Waals surface area contributed by atoms with Crippen molar-refractivity contribution in [1.29, 1.82) is 0 Å². The molecule has 0 aliphatic carbocycles. The molecule has 8 heteroatoms. The number of aromatic nitrogens is 3. The van der Waals surface area contributed by atoms with Crippen LogP contribution in [0.1, 0.15) is 5.56 Å². The van der Waals surface area contributed by atoms with Gasteiger partial charge in [-0.05, 0) is 42.0 Å². The molecule has 4 rings (SSSR count). The van der Waals surface area contributed by atoms with Crippen LogP contribution >= 0.6 is 11.6 Å². The molecule has 0 bridgehead atoms.